The van der Waals surface area contributed by atoms with Crippen molar-refractivity contribution in [2.75, 3.05) is 19.7 Å². The number of nitro groups is 1. The molecule has 116 valence electrons. The highest BCUT2D eigenvalue weighted by Crippen LogP contribution is 2.22. The van der Waals surface area contributed by atoms with Gasteiger partial charge in [-0.15, -0.1) is 0 Å². The summed E-state index contributed by atoms with van der Waals surface area (Å²) in [5, 5.41) is 11.0. The molecule has 1 aromatic carbocycles. The van der Waals surface area contributed by atoms with E-state index in [2.05, 4.69) is 0 Å². The highest BCUT2D eigenvalue weighted by Gasteiger charge is 2.17. The number of hydrogen-bond donors (Lipinski definition) is 0. The van der Waals surface area contributed by atoms with E-state index in [0.717, 1.165) is 18.5 Å². The number of carbonyl (C=O) groups excluding carboxylic acids is 1. The Morgan fingerprint density at radius 3 is 2.67 bits per heavy atom. The van der Waals surface area contributed by atoms with Crippen molar-refractivity contribution in [2.24, 2.45) is 0 Å². The van der Waals surface area contributed by atoms with Crippen LogP contribution < -0.4 is 0 Å². The normalized spacial score (nSPS) is 10.7. The first-order valence-corrected chi connectivity index (χ1v) is 7.10. The minimum absolute atomic E-state index is 0.111. The molecule has 6 heteroatoms. The van der Waals surface area contributed by atoms with Gasteiger partial charge in [-0.3, -0.25) is 19.8 Å². The molecule has 0 bridgehead atoms. The SMILES string of the molecule is CCCN(CC(=O)OCC)Cc1cccc([N+](=O)[O-])c1C. The monoisotopic (exact) mass is 294 g/mol. The van der Waals surface area contributed by atoms with Gasteiger partial charge >= 0.3 is 5.97 Å². The Balaban J connectivity index is 2.86. The highest BCUT2D eigenvalue weighted by molar-refractivity contribution is 5.71. The maximum absolute atomic E-state index is 11.6. The molecule has 1 rings (SSSR count). The molecule has 0 unspecified atom stereocenters. The van der Waals surface area contributed by atoms with E-state index >= 15 is 0 Å². The van der Waals surface area contributed by atoms with Crippen molar-refractivity contribution in [1.29, 1.82) is 0 Å². The zero-order chi connectivity index (χ0) is 15.8. The van der Waals surface area contributed by atoms with E-state index < -0.39 is 0 Å². The van der Waals surface area contributed by atoms with E-state index in [4.69, 9.17) is 4.74 Å². The summed E-state index contributed by atoms with van der Waals surface area (Å²) in [5.74, 6) is -0.269. The molecule has 0 N–H and O–H groups in total. The maximum atomic E-state index is 11.6. The molecule has 0 radical (unpaired) electrons. The lowest BCUT2D eigenvalue weighted by Crippen LogP contribution is -2.31. The lowest BCUT2D eigenvalue weighted by Gasteiger charge is -2.21. The predicted octanol–water partition coefficient (Wildman–Crippen LogP) is 2.68. The number of esters is 1. The predicted molar refractivity (Wildman–Crippen MR) is 80.0 cm³/mol. The number of nitro benzene ring substituents is 1. The van der Waals surface area contributed by atoms with Gasteiger partial charge in [-0.1, -0.05) is 19.1 Å². The van der Waals surface area contributed by atoms with Gasteiger partial charge in [0.1, 0.15) is 0 Å². The third-order valence-electron chi connectivity index (χ3n) is 3.21. The van der Waals surface area contributed by atoms with E-state index in [1.165, 1.54) is 6.07 Å². The van der Waals surface area contributed by atoms with Crippen molar-refractivity contribution in [2.45, 2.75) is 33.7 Å². The fourth-order valence-corrected chi connectivity index (χ4v) is 2.20. The summed E-state index contributed by atoms with van der Waals surface area (Å²) in [7, 11) is 0. The van der Waals surface area contributed by atoms with Gasteiger partial charge in [0.05, 0.1) is 18.1 Å². The third kappa shape index (κ3) is 5.15. The van der Waals surface area contributed by atoms with Crippen molar-refractivity contribution in [3.05, 3.63) is 39.4 Å². The van der Waals surface area contributed by atoms with Gasteiger partial charge in [-0.05, 0) is 32.4 Å². The Bertz CT molecular complexity index is 502. The second kappa shape index (κ2) is 8.36. The lowest BCUT2D eigenvalue weighted by molar-refractivity contribution is -0.385. The maximum Gasteiger partial charge on any atom is 0.320 e. The number of ether oxygens (including phenoxy) is 1. The van der Waals surface area contributed by atoms with E-state index in [1.54, 1.807) is 19.9 Å². The largest absolute Gasteiger partial charge is 0.465 e. The zero-order valence-electron chi connectivity index (χ0n) is 12.8. The standard InChI is InChI=1S/C15H22N2O4/c1-4-9-16(11-15(18)21-5-2)10-13-7-6-8-14(12(13)3)17(19)20/h6-8H,4-5,9-11H2,1-3H3. The Morgan fingerprint density at radius 2 is 2.10 bits per heavy atom. The summed E-state index contributed by atoms with van der Waals surface area (Å²) in [6.45, 7) is 7.33. The molecule has 0 amide bonds. The Morgan fingerprint density at radius 1 is 1.38 bits per heavy atom. The first-order valence-electron chi connectivity index (χ1n) is 7.10. The summed E-state index contributed by atoms with van der Waals surface area (Å²) in [5.41, 5.74) is 1.62. The van der Waals surface area contributed by atoms with E-state index in [-0.39, 0.29) is 23.1 Å². The number of hydrogen-bond acceptors (Lipinski definition) is 5. The summed E-state index contributed by atoms with van der Waals surface area (Å²) in [4.78, 5) is 24.1. The molecule has 0 saturated heterocycles. The van der Waals surface area contributed by atoms with Crippen LogP contribution in [0.3, 0.4) is 0 Å². The molecule has 0 heterocycles. The molecule has 1 aromatic rings. The molecule has 0 fully saturated rings. The number of rotatable bonds is 8. The van der Waals surface area contributed by atoms with Gasteiger partial charge < -0.3 is 4.74 Å². The summed E-state index contributed by atoms with van der Waals surface area (Å²) in [6, 6.07) is 5.03. The summed E-state index contributed by atoms with van der Waals surface area (Å²) >= 11 is 0. The van der Waals surface area contributed by atoms with Gasteiger partial charge in [0.2, 0.25) is 0 Å². The summed E-state index contributed by atoms with van der Waals surface area (Å²) in [6.07, 6.45) is 0.896. The number of nitrogens with zero attached hydrogens (tertiary/aromatic N) is 2. The molecule has 0 spiro atoms. The fraction of sp³-hybridized carbons (Fsp3) is 0.533. The average Bonchev–Trinajstić information content (AvgIpc) is 2.41. The Kier molecular flexibility index (Phi) is 6.81. The summed E-state index contributed by atoms with van der Waals surface area (Å²) < 4.78 is 4.96. The van der Waals surface area contributed by atoms with Crippen LogP contribution in [0.1, 0.15) is 31.4 Å². The minimum Gasteiger partial charge on any atom is -0.465 e. The van der Waals surface area contributed by atoms with Crippen LogP contribution in [-0.2, 0) is 16.1 Å². The van der Waals surface area contributed by atoms with Crippen LogP contribution in [0.5, 0.6) is 0 Å². The molecule has 0 aromatic heterocycles. The van der Waals surface area contributed by atoms with Crippen LogP contribution >= 0.6 is 0 Å². The van der Waals surface area contributed by atoms with Crippen LogP contribution in [0.4, 0.5) is 5.69 Å². The van der Waals surface area contributed by atoms with Gasteiger partial charge in [-0.25, -0.2) is 0 Å². The van der Waals surface area contributed by atoms with E-state index in [9.17, 15) is 14.9 Å². The quantitative estimate of drug-likeness (QED) is 0.419. The van der Waals surface area contributed by atoms with Crippen LogP contribution in [0, 0.1) is 17.0 Å². The molecule has 0 atom stereocenters. The molecule has 6 nitrogen and oxygen atoms in total. The van der Waals surface area contributed by atoms with Crippen LogP contribution in [0.2, 0.25) is 0 Å². The van der Waals surface area contributed by atoms with Crippen molar-refractivity contribution < 1.29 is 14.5 Å². The second-order valence-electron chi connectivity index (χ2n) is 4.83. The highest BCUT2D eigenvalue weighted by atomic mass is 16.6. The van der Waals surface area contributed by atoms with Crippen molar-refractivity contribution in [3.8, 4) is 0 Å². The van der Waals surface area contributed by atoms with Crippen molar-refractivity contribution in [1.82, 2.24) is 4.90 Å². The fourth-order valence-electron chi connectivity index (χ4n) is 2.20. The molecular weight excluding hydrogens is 272 g/mol. The first kappa shape index (κ1) is 17.1. The molecular formula is C15H22N2O4. The first-order chi connectivity index (χ1) is 9.99. The minimum atomic E-state index is -0.381. The zero-order valence-corrected chi connectivity index (χ0v) is 12.8. The lowest BCUT2D eigenvalue weighted by atomic mass is 10.1. The molecule has 21 heavy (non-hydrogen) atoms. The van der Waals surface area contributed by atoms with Crippen LogP contribution in [-0.4, -0.2) is 35.5 Å². The van der Waals surface area contributed by atoms with Gasteiger partial charge in [0.25, 0.3) is 5.69 Å². The molecule has 0 saturated carbocycles. The average molecular weight is 294 g/mol. The van der Waals surface area contributed by atoms with Gasteiger partial charge in [0, 0.05) is 18.2 Å². The van der Waals surface area contributed by atoms with Crippen molar-refractivity contribution >= 4 is 11.7 Å². The van der Waals surface area contributed by atoms with Crippen LogP contribution in [0.15, 0.2) is 18.2 Å². The van der Waals surface area contributed by atoms with E-state index in [1.807, 2.05) is 17.9 Å². The third-order valence-corrected chi connectivity index (χ3v) is 3.21. The molecule has 0 aliphatic rings. The number of benzene rings is 1. The molecule has 0 aliphatic heterocycles. The van der Waals surface area contributed by atoms with Gasteiger partial charge in [-0.2, -0.15) is 0 Å². The number of carbonyl (C=O) groups is 1. The van der Waals surface area contributed by atoms with Gasteiger partial charge in [0.15, 0.2) is 0 Å². The second-order valence-corrected chi connectivity index (χ2v) is 4.83. The van der Waals surface area contributed by atoms with Crippen molar-refractivity contribution in [3.63, 3.8) is 0 Å². The topological polar surface area (TPSA) is 72.7 Å². The van der Waals surface area contributed by atoms with E-state index in [0.29, 0.717) is 18.7 Å². The van der Waals surface area contributed by atoms with Crippen LogP contribution in [0.25, 0.3) is 0 Å². The smallest absolute Gasteiger partial charge is 0.320 e. The molecule has 0 aliphatic carbocycles. The Labute approximate surface area is 124 Å². The Hall–Kier alpha value is -1.95.